The number of pyridine rings is 1. The summed E-state index contributed by atoms with van der Waals surface area (Å²) in [5, 5.41) is 1.06. The van der Waals surface area contributed by atoms with E-state index in [1.165, 1.54) is 12.1 Å². The van der Waals surface area contributed by atoms with Gasteiger partial charge in [0.25, 0.3) is 0 Å². The zero-order valence-corrected chi connectivity index (χ0v) is 14.9. The topological polar surface area (TPSA) is 30.2 Å². The molecule has 2 heterocycles. The number of fused-ring (bicyclic) bond motifs is 1. The summed E-state index contributed by atoms with van der Waals surface area (Å²) in [5.74, 6) is -1.29. The third-order valence-electron chi connectivity index (χ3n) is 4.57. The highest BCUT2D eigenvalue weighted by Gasteiger charge is 2.10. The molecule has 5 heteroatoms. The first-order chi connectivity index (χ1) is 13.0. The summed E-state index contributed by atoms with van der Waals surface area (Å²) in [4.78, 5) is 8.54. The molecule has 0 saturated heterocycles. The Morgan fingerprint density at radius 2 is 1.85 bits per heavy atom. The van der Waals surface area contributed by atoms with Gasteiger partial charge < -0.3 is 4.57 Å². The molecule has 4 rings (SSSR count). The molecule has 0 bridgehead atoms. The van der Waals surface area contributed by atoms with Gasteiger partial charge in [0.15, 0.2) is 5.82 Å². The van der Waals surface area contributed by atoms with Crippen LogP contribution in [-0.4, -0.2) is 15.8 Å². The molecule has 0 spiro atoms. The molecule has 27 heavy (non-hydrogen) atoms. The van der Waals surface area contributed by atoms with Crippen LogP contribution in [0.15, 0.2) is 65.8 Å². The van der Waals surface area contributed by atoms with E-state index in [0.29, 0.717) is 0 Å². The Morgan fingerprint density at radius 3 is 2.67 bits per heavy atom. The fourth-order valence-electron chi connectivity index (χ4n) is 3.24. The lowest BCUT2D eigenvalue weighted by molar-refractivity contribution is 0.585. The van der Waals surface area contributed by atoms with E-state index >= 15 is 0 Å². The van der Waals surface area contributed by atoms with E-state index in [9.17, 15) is 8.78 Å². The molecule has 0 N–H and O–H groups in total. The Bertz CT molecular complexity index is 1180. The highest BCUT2D eigenvalue weighted by molar-refractivity contribution is 5.85. The van der Waals surface area contributed by atoms with Gasteiger partial charge in [-0.3, -0.25) is 9.98 Å². The van der Waals surface area contributed by atoms with Crippen molar-refractivity contribution >= 4 is 22.8 Å². The van der Waals surface area contributed by atoms with Gasteiger partial charge in [0.2, 0.25) is 0 Å². The Morgan fingerprint density at radius 1 is 1.00 bits per heavy atom. The first-order valence-corrected chi connectivity index (χ1v) is 8.56. The number of rotatable bonds is 3. The maximum atomic E-state index is 13.8. The minimum absolute atomic E-state index is 0.109. The Hall–Kier alpha value is -3.34. The van der Waals surface area contributed by atoms with Crippen molar-refractivity contribution in [1.29, 1.82) is 0 Å². The highest BCUT2D eigenvalue weighted by atomic mass is 19.1. The number of aromatic nitrogens is 2. The van der Waals surface area contributed by atoms with Gasteiger partial charge >= 0.3 is 0 Å². The average Bonchev–Trinajstić information content (AvgIpc) is 2.94. The maximum Gasteiger partial charge on any atom is 0.151 e. The second-order valence-corrected chi connectivity index (χ2v) is 6.40. The summed E-state index contributed by atoms with van der Waals surface area (Å²) in [7, 11) is 0. The standard InChI is InChI=1S/C22H17F2N3/c1-14-10-17(13-26-22-7-5-18(23)12-20(22)24)15(2)27(14)19-6-8-21-16(11-19)4-3-9-25-21/h3-13H,1-2H3. The molecule has 2 aromatic heterocycles. The van der Waals surface area contributed by atoms with E-state index in [1.807, 2.05) is 44.2 Å². The maximum absolute atomic E-state index is 13.8. The van der Waals surface area contributed by atoms with Crippen LogP contribution in [0.4, 0.5) is 14.5 Å². The van der Waals surface area contributed by atoms with Crippen molar-refractivity contribution in [3.05, 3.63) is 89.4 Å². The molecule has 0 atom stereocenters. The number of aryl methyl sites for hydroxylation is 1. The normalized spacial score (nSPS) is 11.6. The average molecular weight is 361 g/mol. The molecule has 0 saturated carbocycles. The van der Waals surface area contributed by atoms with Crippen LogP contribution in [0.1, 0.15) is 17.0 Å². The van der Waals surface area contributed by atoms with E-state index in [2.05, 4.69) is 20.6 Å². The Labute approximate surface area is 155 Å². The third-order valence-corrected chi connectivity index (χ3v) is 4.57. The monoisotopic (exact) mass is 361 g/mol. The zero-order valence-electron chi connectivity index (χ0n) is 14.9. The van der Waals surface area contributed by atoms with E-state index in [4.69, 9.17) is 0 Å². The van der Waals surface area contributed by atoms with Gasteiger partial charge in [0.05, 0.1) is 11.2 Å². The molecular formula is C22H17F2N3. The van der Waals surface area contributed by atoms with Gasteiger partial charge in [0.1, 0.15) is 5.82 Å². The molecule has 0 radical (unpaired) electrons. The number of benzene rings is 2. The third kappa shape index (κ3) is 3.24. The summed E-state index contributed by atoms with van der Waals surface area (Å²) in [5.41, 5.74) is 4.98. The van der Waals surface area contributed by atoms with Crippen LogP contribution >= 0.6 is 0 Å². The van der Waals surface area contributed by atoms with Crippen molar-refractivity contribution in [2.24, 2.45) is 4.99 Å². The van der Waals surface area contributed by atoms with Crippen molar-refractivity contribution in [1.82, 2.24) is 9.55 Å². The van der Waals surface area contributed by atoms with E-state index in [0.717, 1.165) is 39.6 Å². The molecule has 134 valence electrons. The van der Waals surface area contributed by atoms with Crippen molar-refractivity contribution in [2.75, 3.05) is 0 Å². The van der Waals surface area contributed by atoms with Gasteiger partial charge in [-0.2, -0.15) is 0 Å². The SMILES string of the molecule is Cc1cc(C=Nc2ccc(F)cc2F)c(C)n1-c1ccc2ncccc2c1. The molecule has 3 nitrogen and oxygen atoms in total. The molecular weight excluding hydrogens is 344 g/mol. The van der Waals surface area contributed by atoms with Crippen LogP contribution in [-0.2, 0) is 0 Å². The van der Waals surface area contributed by atoms with Crippen LogP contribution in [0.2, 0.25) is 0 Å². The minimum atomic E-state index is -0.679. The van der Waals surface area contributed by atoms with Gasteiger partial charge in [-0.05, 0) is 56.3 Å². The highest BCUT2D eigenvalue weighted by Crippen LogP contribution is 2.24. The van der Waals surface area contributed by atoms with Crippen LogP contribution in [0.25, 0.3) is 16.6 Å². The Kier molecular flexibility index (Phi) is 4.28. The second kappa shape index (κ2) is 6.76. The summed E-state index contributed by atoms with van der Waals surface area (Å²) in [6, 6.07) is 15.4. The van der Waals surface area contributed by atoms with Gasteiger partial charge in [-0.25, -0.2) is 8.78 Å². The predicted molar refractivity (Wildman–Crippen MR) is 104 cm³/mol. The van der Waals surface area contributed by atoms with Crippen molar-refractivity contribution in [2.45, 2.75) is 13.8 Å². The lowest BCUT2D eigenvalue weighted by Crippen LogP contribution is -1.99. The van der Waals surface area contributed by atoms with E-state index < -0.39 is 11.6 Å². The lowest BCUT2D eigenvalue weighted by atomic mass is 10.2. The smallest absolute Gasteiger partial charge is 0.151 e. The number of hydrogen-bond donors (Lipinski definition) is 0. The fraction of sp³-hybridized carbons (Fsp3) is 0.0909. The molecule has 0 fully saturated rings. The summed E-state index contributed by atoms with van der Waals surface area (Å²) in [6.45, 7) is 4.00. The molecule has 0 amide bonds. The summed E-state index contributed by atoms with van der Waals surface area (Å²) >= 11 is 0. The van der Waals surface area contributed by atoms with Crippen LogP contribution in [0.5, 0.6) is 0 Å². The lowest BCUT2D eigenvalue weighted by Gasteiger charge is -2.10. The second-order valence-electron chi connectivity index (χ2n) is 6.40. The van der Waals surface area contributed by atoms with Crippen molar-refractivity contribution < 1.29 is 8.78 Å². The van der Waals surface area contributed by atoms with E-state index in [-0.39, 0.29) is 5.69 Å². The molecule has 0 aliphatic carbocycles. The number of nitrogens with zero attached hydrogens (tertiary/aromatic N) is 3. The van der Waals surface area contributed by atoms with E-state index in [1.54, 1.807) is 12.4 Å². The fourth-order valence-corrected chi connectivity index (χ4v) is 3.24. The first kappa shape index (κ1) is 17.1. The van der Waals surface area contributed by atoms with Crippen molar-refractivity contribution in [3.8, 4) is 5.69 Å². The van der Waals surface area contributed by atoms with Gasteiger partial charge in [-0.1, -0.05) is 6.07 Å². The van der Waals surface area contributed by atoms with Crippen molar-refractivity contribution in [3.63, 3.8) is 0 Å². The molecule has 4 aromatic rings. The summed E-state index contributed by atoms with van der Waals surface area (Å²) in [6.07, 6.45) is 3.38. The Balaban J connectivity index is 1.73. The van der Waals surface area contributed by atoms with Gasteiger partial charge in [-0.15, -0.1) is 0 Å². The molecule has 0 unspecified atom stereocenters. The largest absolute Gasteiger partial charge is 0.318 e. The minimum Gasteiger partial charge on any atom is -0.318 e. The quantitative estimate of drug-likeness (QED) is 0.432. The molecule has 0 aliphatic rings. The number of halogens is 2. The number of hydrogen-bond acceptors (Lipinski definition) is 2. The van der Waals surface area contributed by atoms with Crippen LogP contribution in [0, 0.1) is 25.5 Å². The predicted octanol–water partition coefficient (Wildman–Crippen LogP) is 5.67. The molecule has 0 aliphatic heterocycles. The zero-order chi connectivity index (χ0) is 19.0. The molecule has 2 aromatic carbocycles. The van der Waals surface area contributed by atoms with Crippen LogP contribution in [0.3, 0.4) is 0 Å². The van der Waals surface area contributed by atoms with Gasteiger partial charge in [0, 0.05) is 46.5 Å². The summed E-state index contributed by atoms with van der Waals surface area (Å²) < 4.78 is 28.9. The first-order valence-electron chi connectivity index (χ1n) is 8.56. The number of aliphatic imine (C=N–C) groups is 1. The van der Waals surface area contributed by atoms with Crippen LogP contribution < -0.4 is 0 Å².